The molecule has 5 nitrogen and oxygen atoms in total. The van der Waals surface area contributed by atoms with Gasteiger partial charge in [0.05, 0.1) is 0 Å². The molecule has 5 heteroatoms. The number of aliphatic hydroxyl groups excluding tert-OH is 1. The van der Waals surface area contributed by atoms with Crippen LogP contribution in [-0.4, -0.2) is 23.7 Å². The molecule has 1 heterocycles. The molecule has 0 saturated heterocycles. The maximum absolute atomic E-state index is 10.8. The predicted molar refractivity (Wildman–Crippen MR) is 81.7 cm³/mol. The van der Waals surface area contributed by atoms with E-state index in [2.05, 4.69) is 12.2 Å². The highest BCUT2D eigenvalue weighted by molar-refractivity contribution is 5.82. The monoisotopic (exact) mass is 290 g/mol. The minimum atomic E-state index is -1.16. The number of fused-ring (bicyclic) bond motifs is 1. The highest BCUT2D eigenvalue weighted by atomic mass is 16.3. The number of para-hydroxylation sites is 1. The van der Waals surface area contributed by atoms with Crippen LogP contribution in [-0.2, 0) is 17.8 Å². The molecule has 1 aromatic heterocycles. The molecule has 0 radical (unpaired) electrons. The first-order valence-corrected chi connectivity index (χ1v) is 7.30. The van der Waals surface area contributed by atoms with Crippen LogP contribution in [0.4, 0.5) is 0 Å². The molecule has 1 amide bonds. The first kappa shape index (κ1) is 15.5. The molecule has 114 valence electrons. The number of hydrogen-bond acceptors (Lipinski definition) is 4. The van der Waals surface area contributed by atoms with E-state index < -0.39 is 12.0 Å². The summed E-state index contributed by atoms with van der Waals surface area (Å²) in [5.74, 6) is 0.255. The molecule has 1 aromatic carbocycles. The minimum Gasteiger partial charge on any atom is -0.461 e. The molecule has 0 fully saturated rings. The zero-order valence-corrected chi connectivity index (χ0v) is 12.3. The number of rotatable bonds is 8. The lowest BCUT2D eigenvalue weighted by Crippen LogP contribution is -2.37. The minimum absolute atomic E-state index is 0.141. The maximum Gasteiger partial charge on any atom is 0.247 e. The number of primary amides is 1. The fraction of sp³-hybridized carbons (Fsp3) is 0.438. The van der Waals surface area contributed by atoms with Crippen molar-refractivity contribution in [3.05, 3.63) is 35.6 Å². The second-order valence-electron chi connectivity index (χ2n) is 5.15. The molecule has 2 aromatic rings. The summed E-state index contributed by atoms with van der Waals surface area (Å²) >= 11 is 0. The van der Waals surface area contributed by atoms with Crippen LogP contribution in [0.2, 0.25) is 0 Å². The zero-order valence-electron chi connectivity index (χ0n) is 12.3. The van der Waals surface area contributed by atoms with Gasteiger partial charge >= 0.3 is 0 Å². The molecule has 2 rings (SSSR count). The van der Waals surface area contributed by atoms with Crippen molar-refractivity contribution in [3.8, 4) is 0 Å². The Balaban J connectivity index is 2.13. The van der Waals surface area contributed by atoms with Gasteiger partial charge in [-0.05, 0) is 12.5 Å². The molecule has 0 saturated carbocycles. The Labute approximate surface area is 124 Å². The smallest absolute Gasteiger partial charge is 0.247 e. The van der Waals surface area contributed by atoms with Crippen molar-refractivity contribution >= 4 is 16.9 Å². The van der Waals surface area contributed by atoms with E-state index in [1.54, 1.807) is 0 Å². The average Bonchev–Trinajstić information content (AvgIpc) is 2.83. The van der Waals surface area contributed by atoms with E-state index in [0.29, 0.717) is 6.54 Å². The Morgan fingerprint density at radius 2 is 2.19 bits per heavy atom. The van der Waals surface area contributed by atoms with Gasteiger partial charge < -0.3 is 20.6 Å². The second-order valence-corrected chi connectivity index (χ2v) is 5.15. The van der Waals surface area contributed by atoms with Crippen LogP contribution in [0.5, 0.6) is 0 Å². The van der Waals surface area contributed by atoms with Crippen LogP contribution in [0, 0.1) is 0 Å². The first-order valence-electron chi connectivity index (χ1n) is 7.30. The third kappa shape index (κ3) is 3.83. The number of nitrogens with two attached hydrogens (primary N) is 1. The van der Waals surface area contributed by atoms with Gasteiger partial charge in [-0.25, -0.2) is 0 Å². The van der Waals surface area contributed by atoms with Crippen LogP contribution in [0.15, 0.2) is 28.7 Å². The van der Waals surface area contributed by atoms with E-state index >= 15 is 0 Å². The maximum atomic E-state index is 10.8. The number of carbonyl (C=O) groups is 1. The average molecular weight is 290 g/mol. The van der Waals surface area contributed by atoms with Crippen LogP contribution in [0.1, 0.15) is 31.1 Å². The van der Waals surface area contributed by atoms with Gasteiger partial charge in [0.2, 0.25) is 5.91 Å². The molecule has 1 unspecified atom stereocenters. The summed E-state index contributed by atoms with van der Waals surface area (Å²) in [4.78, 5) is 10.8. The Kier molecular flexibility index (Phi) is 5.36. The molecule has 4 N–H and O–H groups in total. The molecular weight excluding hydrogens is 268 g/mol. The third-order valence-electron chi connectivity index (χ3n) is 3.51. The van der Waals surface area contributed by atoms with E-state index in [1.807, 2.05) is 24.3 Å². The van der Waals surface area contributed by atoms with Gasteiger partial charge in [0, 0.05) is 30.5 Å². The molecule has 21 heavy (non-hydrogen) atoms. The van der Waals surface area contributed by atoms with Crippen molar-refractivity contribution in [1.82, 2.24) is 5.32 Å². The topological polar surface area (TPSA) is 88.5 Å². The summed E-state index contributed by atoms with van der Waals surface area (Å²) in [5, 5.41) is 13.6. The number of unbranched alkanes of at least 4 members (excludes halogenated alkanes) is 1. The lowest BCUT2D eigenvalue weighted by molar-refractivity contribution is -0.125. The lowest BCUT2D eigenvalue weighted by Gasteiger charge is -2.08. The van der Waals surface area contributed by atoms with Gasteiger partial charge in [-0.2, -0.15) is 0 Å². The lowest BCUT2D eigenvalue weighted by atomic mass is 10.1. The zero-order chi connectivity index (χ0) is 15.2. The van der Waals surface area contributed by atoms with Gasteiger partial charge in [-0.1, -0.05) is 31.5 Å². The number of aryl methyl sites for hydroxylation is 1. The van der Waals surface area contributed by atoms with Crippen molar-refractivity contribution in [2.24, 2.45) is 5.73 Å². The fourth-order valence-electron chi connectivity index (χ4n) is 2.32. The second kappa shape index (κ2) is 7.24. The van der Waals surface area contributed by atoms with Crippen LogP contribution < -0.4 is 11.1 Å². The summed E-state index contributed by atoms with van der Waals surface area (Å²) in [5.41, 5.74) is 7.00. The number of benzene rings is 1. The van der Waals surface area contributed by atoms with Crippen LogP contribution in [0.25, 0.3) is 11.0 Å². The van der Waals surface area contributed by atoms with Gasteiger partial charge in [0.15, 0.2) is 0 Å². The summed E-state index contributed by atoms with van der Waals surface area (Å²) in [6.07, 6.45) is 1.89. The molecule has 0 aliphatic heterocycles. The number of carbonyl (C=O) groups excluding carboxylic acids is 1. The first-order chi connectivity index (χ1) is 10.1. The molecule has 0 aliphatic carbocycles. The van der Waals surface area contributed by atoms with Crippen molar-refractivity contribution in [2.45, 2.75) is 38.8 Å². The number of aliphatic hydroxyl groups is 1. The number of amides is 1. The summed E-state index contributed by atoms with van der Waals surface area (Å²) in [6, 6.07) is 7.90. The van der Waals surface area contributed by atoms with Crippen molar-refractivity contribution in [3.63, 3.8) is 0 Å². The summed E-state index contributed by atoms with van der Waals surface area (Å²) in [6.45, 7) is 2.83. The van der Waals surface area contributed by atoms with Gasteiger partial charge in [0.1, 0.15) is 17.4 Å². The van der Waals surface area contributed by atoms with Gasteiger partial charge in [-0.3, -0.25) is 4.79 Å². The molecular formula is C16H22N2O3. The van der Waals surface area contributed by atoms with E-state index in [9.17, 15) is 9.90 Å². The fourth-order valence-corrected chi connectivity index (χ4v) is 2.32. The highest BCUT2D eigenvalue weighted by Crippen LogP contribution is 2.27. The Bertz CT molecular complexity index is 607. The normalized spacial score (nSPS) is 12.7. The summed E-state index contributed by atoms with van der Waals surface area (Å²) in [7, 11) is 0. The Hall–Kier alpha value is -1.85. The van der Waals surface area contributed by atoms with Gasteiger partial charge in [-0.15, -0.1) is 0 Å². The molecule has 0 spiro atoms. The van der Waals surface area contributed by atoms with Crippen molar-refractivity contribution in [2.75, 3.05) is 6.54 Å². The van der Waals surface area contributed by atoms with Crippen LogP contribution in [0.3, 0.4) is 0 Å². The van der Waals surface area contributed by atoms with Gasteiger partial charge in [0.25, 0.3) is 0 Å². The molecule has 0 aliphatic rings. The third-order valence-corrected chi connectivity index (χ3v) is 3.51. The van der Waals surface area contributed by atoms with E-state index in [4.69, 9.17) is 10.2 Å². The predicted octanol–water partition coefficient (Wildman–Crippen LogP) is 1.71. The molecule has 0 bridgehead atoms. The number of furan rings is 1. The number of hydrogen-bond donors (Lipinski definition) is 3. The largest absolute Gasteiger partial charge is 0.461 e. The Morgan fingerprint density at radius 3 is 2.90 bits per heavy atom. The van der Waals surface area contributed by atoms with Crippen LogP contribution >= 0.6 is 0 Å². The summed E-state index contributed by atoms with van der Waals surface area (Å²) < 4.78 is 5.91. The van der Waals surface area contributed by atoms with E-state index in [0.717, 1.165) is 41.6 Å². The van der Waals surface area contributed by atoms with Crippen molar-refractivity contribution < 1.29 is 14.3 Å². The highest BCUT2D eigenvalue weighted by Gasteiger charge is 2.15. The standard InChI is InChI=1S/C16H22N2O3/c1-2-3-7-15-12(9-18-10-13(19)16(17)20)11-6-4-5-8-14(11)21-15/h4-6,8,13,18-19H,2-3,7,9-10H2,1H3,(H2,17,20). The van der Waals surface area contributed by atoms with Crippen molar-refractivity contribution in [1.29, 1.82) is 0 Å². The Morgan fingerprint density at radius 1 is 1.43 bits per heavy atom. The SMILES string of the molecule is CCCCc1oc2ccccc2c1CNCC(O)C(N)=O. The quantitative estimate of drug-likeness (QED) is 0.690. The van der Waals surface area contributed by atoms with E-state index in [-0.39, 0.29) is 6.54 Å². The van der Waals surface area contributed by atoms with E-state index in [1.165, 1.54) is 0 Å². The molecule has 1 atom stereocenters. The number of nitrogens with one attached hydrogen (secondary N) is 1.